The second-order valence-electron chi connectivity index (χ2n) is 5.79. The number of aryl methyl sites for hydroxylation is 1. The number of likely N-dealkylation sites (tertiary alicyclic amines) is 1. The van der Waals surface area contributed by atoms with Gasteiger partial charge in [0, 0.05) is 25.6 Å². The Hall–Kier alpha value is -1.63. The van der Waals surface area contributed by atoms with Crippen LogP contribution in [0, 0.1) is 5.92 Å². The van der Waals surface area contributed by atoms with E-state index < -0.39 is 5.60 Å². The zero-order valence-electron chi connectivity index (χ0n) is 12.3. The van der Waals surface area contributed by atoms with Gasteiger partial charge in [-0.05, 0) is 33.6 Å². The number of aliphatic hydroxyl groups is 1. The maximum atomic E-state index is 12.2. The van der Waals surface area contributed by atoms with Gasteiger partial charge < -0.3 is 10.0 Å². The van der Waals surface area contributed by atoms with E-state index in [1.165, 1.54) is 0 Å². The van der Waals surface area contributed by atoms with Crippen LogP contribution in [0.1, 0.15) is 33.6 Å². The Morgan fingerprint density at radius 1 is 1.60 bits per heavy atom. The summed E-state index contributed by atoms with van der Waals surface area (Å²) in [5.74, 6) is 0.422. The Kier molecular flexibility index (Phi) is 4.27. The third-order valence-electron chi connectivity index (χ3n) is 3.79. The lowest BCUT2D eigenvalue weighted by Gasteiger charge is -2.38. The third-order valence-corrected chi connectivity index (χ3v) is 3.79. The van der Waals surface area contributed by atoms with Crippen LogP contribution in [0.5, 0.6) is 0 Å². The van der Waals surface area contributed by atoms with Crippen LogP contribution < -0.4 is 5.32 Å². The lowest BCUT2D eigenvalue weighted by atomic mass is 9.84. The van der Waals surface area contributed by atoms with Crippen LogP contribution in [-0.4, -0.2) is 49.5 Å². The van der Waals surface area contributed by atoms with E-state index in [1.807, 2.05) is 6.92 Å². The normalized spacial score (nSPS) is 20.0. The fourth-order valence-electron chi connectivity index (χ4n) is 2.42. The molecule has 7 heteroatoms. The summed E-state index contributed by atoms with van der Waals surface area (Å²) in [6.07, 6.45) is 3.43. The van der Waals surface area contributed by atoms with Crippen molar-refractivity contribution in [1.82, 2.24) is 19.7 Å². The fourth-order valence-corrected chi connectivity index (χ4v) is 2.42. The molecule has 2 rings (SSSR count). The summed E-state index contributed by atoms with van der Waals surface area (Å²) in [5, 5.41) is 16.9. The molecule has 0 radical (unpaired) electrons. The van der Waals surface area contributed by atoms with E-state index in [4.69, 9.17) is 0 Å². The van der Waals surface area contributed by atoms with Crippen molar-refractivity contribution in [3.8, 4) is 0 Å². The fraction of sp³-hybridized carbons (Fsp3) is 0.769. The topological polar surface area (TPSA) is 83.3 Å². The molecule has 0 unspecified atom stereocenters. The number of aromatic nitrogens is 3. The molecule has 1 saturated heterocycles. The highest BCUT2D eigenvalue weighted by Crippen LogP contribution is 2.26. The van der Waals surface area contributed by atoms with Crippen molar-refractivity contribution in [2.45, 2.75) is 45.8 Å². The Bertz CT molecular complexity index is 466. The average Bonchev–Trinajstić information content (AvgIpc) is 2.85. The smallest absolute Gasteiger partial charge is 0.324 e. The molecule has 2 N–H and O–H groups in total. The minimum atomic E-state index is -0.763. The van der Waals surface area contributed by atoms with E-state index >= 15 is 0 Å². The number of anilines is 1. The van der Waals surface area contributed by atoms with Gasteiger partial charge in [-0.15, -0.1) is 5.10 Å². The monoisotopic (exact) mass is 281 g/mol. The SMILES string of the molecule is CCn1cnc(NC(=O)N2CCC[C@@H](C(C)(C)O)C2)n1. The first-order valence-corrected chi connectivity index (χ1v) is 7.08. The number of rotatable bonds is 3. The standard InChI is InChI=1S/C13H23N5O2/c1-4-18-9-14-11(16-18)15-12(19)17-7-5-6-10(8-17)13(2,3)20/h9-10,20H,4-8H2,1-3H3,(H,15,16,19)/t10-/m1/s1. The van der Waals surface area contributed by atoms with E-state index in [1.54, 1.807) is 29.8 Å². The van der Waals surface area contributed by atoms with Gasteiger partial charge in [-0.1, -0.05) is 0 Å². The van der Waals surface area contributed by atoms with Gasteiger partial charge in [0.1, 0.15) is 6.33 Å². The number of nitrogens with zero attached hydrogens (tertiary/aromatic N) is 4. The number of amides is 2. The van der Waals surface area contributed by atoms with Gasteiger partial charge >= 0.3 is 6.03 Å². The van der Waals surface area contributed by atoms with Crippen molar-refractivity contribution in [2.75, 3.05) is 18.4 Å². The van der Waals surface area contributed by atoms with Gasteiger partial charge in [0.2, 0.25) is 5.95 Å². The first-order valence-electron chi connectivity index (χ1n) is 7.08. The third kappa shape index (κ3) is 3.47. The first kappa shape index (κ1) is 14.8. The molecule has 1 aliphatic rings. The van der Waals surface area contributed by atoms with Crippen LogP contribution in [0.2, 0.25) is 0 Å². The highest BCUT2D eigenvalue weighted by molar-refractivity contribution is 5.87. The molecule has 0 saturated carbocycles. The summed E-state index contributed by atoms with van der Waals surface area (Å²) >= 11 is 0. The Morgan fingerprint density at radius 2 is 2.35 bits per heavy atom. The molecule has 1 fully saturated rings. The van der Waals surface area contributed by atoms with Crippen molar-refractivity contribution in [2.24, 2.45) is 5.92 Å². The van der Waals surface area contributed by atoms with Crippen molar-refractivity contribution in [3.05, 3.63) is 6.33 Å². The van der Waals surface area contributed by atoms with Crippen molar-refractivity contribution >= 4 is 12.0 Å². The Labute approximate surface area is 119 Å². The predicted octanol–water partition coefficient (Wildman–Crippen LogP) is 1.31. The zero-order chi connectivity index (χ0) is 14.8. The zero-order valence-corrected chi connectivity index (χ0v) is 12.3. The molecule has 1 aliphatic heterocycles. The van der Waals surface area contributed by atoms with Crippen molar-refractivity contribution < 1.29 is 9.90 Å². The second kappa shape index (κ2) is 5.78. The van der Waals surface area contributed by atoms with E-state index in [0.29, 0.717) is 25.6 Å². The van der Waals surface area contributed by atoms with E-state index in [0.717, 1.165) is 12.8 Å². The minimum Gasteiger partial charge on any atom is -0.390 e. The van der Waals surface area contributed by atoms with E-state index in [2.05, 4.69) is 15.4 Å². The van der Waals surface area contributed by atoms with E-state index in [-0.39, 0.29) is 11.9 Å². The number of carbonyl (C=O) groups excluding carboxylic acids is 1. The van der Waals surface area contributed by atoms with Crippen LogP contribution in [0.15, 0.2) is 6.33 Å². The van der Waals surface area contributed by atoms with Gasteiger partial charge in [0.25, 0.3) is 0 Å². The summed E-state index contributed by atoms with van der Waals surface area (Å²) in [7, 11) is 0. The van der Waals surface area contributed by atoms with Gasteiger partial charge in [0.15, 0.2) is 0 Å². The maximum Gasteiger partial charge on any atom is 0.324 e. The average molecular weight is 281 g/mol. The predicted molar refractivity (Wildman–Crippen MR) is 75.3 cm³/mol. The molecule has 1 aromatic heterocycles. The molecule has 0 spiro atoms. The minimum absolute atomic E-state index is 0.100. The molecule has 112 valence electrons. The summed E-state index contributed by atoms with van der Waals surface area (Å²) in [6, 6.07) is -0.201. The molecule has 2 amide bonds. The summed E-state index contributed by atoms with van der Waals surface area (Å²) < 4.78 is 1.66. The van der Waals surface area contributed by atoms with Gasteiger partial charge in [0.05, 0.1) is 5.60 Å². The van der Waals surface area contributed by atoms with Crippen LogP contribution in [-0.2, 0) is 6.54 Å². The number of hydrogen-bond donors (Lipinski definition) is 2. The number of nitrogens with one attached hydrogen (secondary N) is 1. The molecule has 20 heavy (non-hydrogen) atoms. The molecular weight excluding hydrogens is 258 g/mol. The summed E-state index contributed by atoms with van der Waals surface area (Å²) in [5.41, 5.74) is -0.763. The van der Waals surface area contributed by atoms with Gasteiger partial charge in [-0.3, -0.25) is 10.00 Å². The Balaban J connectivity index is 1.95. The van der Waals surface area contributed by atoms with Gasteiger partial charge in [-0.25, -0.2) is 9.78 Å². The van der Waals surface area contributed by atoms with Crippen LogP contribution in [0.25, 0.3) is 0 Å². The molecule has 0 aromatic carbocycles. The van der Waals surface area contributed by atoms with Crippen LogP contribution >= 0.6 is 0 Å². The number of piperidine rings is 1. The second-order valence-corrected chi connectivity index (χ2v) is 5.79. The molecule has 2 heterocycles. The molecule has 1 atom stereocenters. The lowest BCUT2D eigenvalue weighted by molar-refractivity contribution is -0.00973. The highest BCUT2D eigenvalue weighted by atomic mass is 16.3. The molecular formula is C13H23N5O2. The van der Waals surface area contributed by atoms with Crippen molar-refractivity contribution in [1.29, 1.82) is 0 Å². The summed E-state index contributed by atoms with van der Waals surface area (Å²) in [4.78, 5) is 17.9. The highest BCUT2D eigenvalue weighted by Gasteiger charge is 2.33. The molecule has 0 bridgehead atoms. The van der Waals surface area contributed by atoms with Crippen molar-refractivity contribution in [3.63, 3.8) is 0 Å². The van der Waals surface area contributed by atoms with Gasteiger partial charge in [-0.2, -0.15) is 0 Å². The number of urea groups is 1. The molecule has 7 nitrogen and oxygen atoms in total. The van der Waals surface area contributed by atoms with Crippen LogP contribution in [0.4, 0.5) is 10.7 Å². The number of carbonyl (C=O) groups is 1. The maximum absolute atomic E-state index is 12.2. The van der Waals surface area contributed by atoms with Crippen LogP contribution in [0.3, 0.4) is 0 Å². The quantitative estimate of drug-likeness (QED) is 0.875. The molecule has 0 aliphatic carbocycles. The molecule has 1 aromatic rings. The number of hydrogen-bond acceptors (Lipinski definition) is 4. The largest absolute Gasteiger partial charge is 0.390 e. The van der Waals surface area contributed by atoms with E-state index in [9.17, 15) is 9.90 Å². The lowest BCUT2D eigenvalue weighted by Crippen LogP contribution is -2.48. The summed E-state index contributed by atoms with van der Waals surface area (Å²) in [6.45, 7) is 7.52. The first-order chi connectivity index (χ1) is 9.40. The Morgan fingerprint density at radius 3 is 2.95 bits per heavy atom.